The van der Waals surface area contributed by atoms with Crippen LogP contribution in [0.25, 0.3) is 0 Å². The quantitative estimate of drug-likeness (QED) is 0.862. The molecule has 2 aromatic heterocycles. The van der Waals surface area contributed by atoms with E-state index in [1.807, 2.05) is 11.8 Å². The predicted octanol–water partition coefficient (Wildman–Crippen LogP) is 3.62. The number of likely N-dealkylation sites (tertiary alicyclic amines) is 1. The Kier molecular flexibility index (Phi) is 3.71. The summed E-state index contributed by atoms with van der Waals surface area (Å²) in [5.74, 6) is 1.48. The molecule has 1 amide bonds. The third kappa shape index (κ3) is 2.40. The monoisotopic (exact) mass is 331 g/mol. The van der Waals surface area contributed by atoms with Crippen molar-refractivity contribution in [3.8, 4) is 0 Å². The van der Waals surface area contributed by atoms with Crippen molar-refractivity contribution in [3.05, 3.63) is 34.1 Å². The summed E-state index contributed by atoms with van der Waals surface area (Å²) < 4.78 is 5.36. The lowest BCUT2D eigenvalue weighted by Gasteiger charge is -2.33. The Bertz CT molecular complexity index is 689. The molecule has 1 saturated carbocycles. The van der Waals surface area contributed by atoms with Gasteiger partial charge in [-0.1, -0.05) is 24.1 Å². The van der Waals surface area contributed by atoms with Gasteiger partial charge in [-0.15, -0.1) is 11.3 Å². The maximum Gasteiger partial charge on any atom is 0.249 e. The summed E-state index contributed by atoms with van der Waals surface area (Å²) in [6, 6.07) is 4.12. The predicted molar refractivity (Wildman–Crippen MR) is 87.2 cm³/mol. The van der Waals surface area contributed by atoms with Crippen molar-refractivity contribution in [3.63, 3.8) is 0 Å². The minimum absolute atomic E-state index is 0.0545. The number of nitrogens with zero attached hydrogens (tertiary/aromatic N) is 3. The van der Waals surface area contributed by atoms with Gasteiger partial charge in [0.25, 0.3) is 0 Å². The highest BCUT2D eigenvalue weighted by Gasteiger charge is 2.48. The number of hydrogen-bond acceptors (Lipinski definition) is 5. The molecule has 2 fully saturated rings. The van der Waals surface area contributed by atoms with E-state index in [9.17, 15) is 4.79 Å². The van der Waals surface area contributed by atoms with Gasteiger partial charge in [-0.3, -0.25) is 4.79 Å². The largest absolute Gasteiger partial charge is 0.337 e. The van der Waals surface area contributed by atoms with Crippen LogP contribution in [0.1, 0.15) is 61.2 Å². The van der Waals surface area contributed by atoms with Crippen molar-refractivity contribution in [2.75, 3.05) is 6.54 Å². The third-order valence-corrected chi connectivity index (χ3v) is 6.28. The Labute approximate surface area is 139 Å². The molecule has 1 saturated heterocycles. The van der Waals surface area contributed by atoms with E-state index in [-0.39, 0.29) is 17.4 Å². The lowest BCUT2D eigenvalue weighted by atomic mass is 9.82. The van der Waals surface area contributed by atoms with E-state index in [0.717, 1.165) is 45.1 Å². The average Bonchev–Trinajstić information content (AvgIpc) is 3.31. The fourth-order valence-electron chi connectivity index (χ4n) is 4.08. The van der Waals surface area contributed by atoms with Crippen molar-refractivity contribution >= 4 is 17.2 Å². The van der Waals surface area contributed by atoms with Gasteiger partial charge in [0.1, 0.15) is 6.04 Å². The summed E-state index contributed by atoms with van der Waals surface area (Å²) in [5.41, 5.74) is -0.328. The Morgan fingerprint density at radius 3 is 2.87 bits per heavy atom. The molecule has 6 heteroatoms. The standard InChI is InChI=1S/C17H21N3O2S/c1-12-18-15(22-19-12)13-6-4-10-20(13)16(21)17(8-2-3-9-17)14-7-5-11-23-14/h5,7,11,13H,2-4,6,8-10H2,1H3. The minimum Gasteiger partial charge on any atom is -0.337 e. The second-order valence-corrected chi connectivity index (χ2v) is 7.55. The first-order valence-electron chi connectivity index (χ1n) is 8.36. The molecule has 0 bridgehead atoms. The van der Waals surface area contributed by atoms with Gasteiger partial charge in [0.2, 0.25) is 11.8 Å². The van der Waals surface area contributed by atoms with E-state index in [1.165, 1.54) is 4.88 Å². The van der Waals surface area contributed by atoms with Crippen molar-refractivity contribution in [2.45, 2.75) is 56.9 Å². The molecule has 5 nitrogen and oxygen atoms in total. The fourth-order valence-corrected chi connectivity index (χ4v) is 5.06. The Morgan fingerprint density at radius 2 is 2.22 bits per heavy atom. The fraction of sp³-hybridized carbons (Fsp3) is 0.588. The van der Waals surface area contributed by atoms with Crippen LogP contribution in [0.4, 0.5) is 0 Å². The normalized spacial score (nSPS) is 23.5. The van der Waals surface area contributed by atoms with Crippen molar-refractivity contribution < 1.29 is 9.32 Å². The molecule has 1 aliphatic heterocycles. The zero-order chi connectivity index (χ0) is 15.9. The van der Waals surface area contributed by atoms with Gasteiger partial charge < -0.3 is 9.42 Å². The number of aryl methyl sites for hydroxylation is 1. The first-order valence-corrected chi connectivity index (χ1v) is 9.24. The Hall–Kier alpha value is -1.69. The zero-order valence-corrected chi connectivity index (χ0v) is 14.1. The van der Waals surface area contributed by atoms with Crippen molar-refractivity contribution in [2.24, 2.45) is 0 Å². The minimum atomic E-state index is -0.328. The van der Waals surface area contributed by atoms with Gasteiger partial charge >= 0.3 is 0 Å². The number of carbonyl (C=O) groups excluding carboxylic acids is 1. The van der Waals surface area contributed by atoms with Crippen LogP contribution < -0.4 is 0 Å². The molecule has 0 radical (unpaired) electrons. The molecule has 2 aromatic rings. The van der Waals surface area contributed by atoms with E-state index in [4.69, 9.17) is 4.52 Å². The van der Waals surface area contributed by atoms with Crippen LogP contribution in [-0.2, 0) is 10.2 Å². The zero-order valence-electron chi connectivity index (χ0n) is 13.3. The molecule has 1 aliphatic carbocycles. The molecule has 2 aliphatic rings. The number of aromatic nitrogens is 2. The topological polar surface area (TPSA) is 59.2 Å². The number of rotatable bonds is 3. The van der Waals surface area contributed by atoms with Crippen LogP contribution in [0.3, 0.4) is 0 Å². The molecule has 3 heterocycles. The molecular formula is C17H21N3O2S. The second-order valence-electron chi connectivity index (χ2n) is 6.60. The van der Waals surface area contributed by atoms with Crippen LogP contribution in [0.2, 0.25) is 0 Å². The number of hydrogen-bond donors (Lipinski definition) is 0. The van der Waals surface area contributed by atoms with E-state index >= 15 is 0 Å². The number of thiophene rings is 1. The van der Waals surface area contributed by atoms with Crippen LogP contribution >= 0.6 is 11.3 Å². The number of carbonyl (C=O) groups is 1. The van der Waals surface area contributed by atoms with Gasteiger partial charge in [0, 0.05) is 11.4 Å². The van der Waals surface area contributed by atoms with Gasteiger partial charge in [-0.05, 0) is 44.1 Å². The second kappa shape index (κ2) is 5.74. The lowest BCUT2D eigenvalue weighted by Crippen LogP contribution is -2.44. The highest BCUT2D eigenvalue weighted by atomic mass is 32.1. The Balaban J connectivity index is 1.66. The Morgan fingerprint density at radius 1 is 1.39 bits per heavy atom. The SMILES string of the molecule is Cc1noc(C2CCCN2C(=O)C2(c3cccs3)CCCC2)n1. The van der Waals surface area contributed by atoms with E-state index in [0.29, 0.717) is 11.7 Å². The van der Waals surface area contributed by atoms with E-state index < -0.39 is 0 Å². The number of amides is 1. The molecule has 23 heavy (non-hydrogen) atoms. The lowest BCUT2D eigenvalue weighted by molar-refractivity contribution is -0.138. The smallest absolute Gasteiger partial charge is 0.249 e. The third-order valence-electron chi connectivity index (χ3n) is 5.20. The summed E-state index contributed by atoms with van der Waals surface area (Å²) in [5, 5.41) is 5.97. The average molecular weight is 331 g/mol. The van der Waals surface area contributed by atoms with Gasteiger partial charge in [-0.25, -0.2) is 0 Å². The summed E-state index contributed by atoms with van der Waals surface area (Å²) in [6.07, 6.45) is 6.08. The first kappa shape index (κ1) is 14.9. The van der Waals surface area contributed by atoms with Crippen LogP contribution in [0.15, 0.2) is 22.0 Å². The van der Waals surface area contributed by atoms with E-state index in [2.05, 4.69) is 27.7 Å². The highest BCUT2D eigenvalue weighted by Crippen LogP contribution is 2.46. The van der Waals surface area contributed by atoms with Crippen molar-refractivity contribution in [1.82, 2.24) is 15.0 Å². The summed E-state index contributed by atoms with van der Waals surface area (Å²) in [7, 11) is 0. The van der Waals surface area contributed by atoms with Gasteiger partial charge in [0.15, 0.2) is 5.82 Å². The molecule has 1 unspecified atom stereocenters. The first-order chi connectivity index (χ1) is 11.2. The molecule has 1 atom stereocenters. The van der Waals surface area contributed by atoms with Gasteiger partial charge in [-0.2, -0.15) is 4.98 Å². The summed E-state index contributed by atoms with van der Waals surface area (Å²) in [6.45, 7) is 2.61. The highest BCUT2D eigenvalue weighted by molar-refractivity contribution is 7.10. The summed E-state index contributed by atoms with van der Waals surface area (Å²) in [4.78, 5) is 21.1. The van der Waals surface area contributed by atoms with E-state index in [1.54, 1.807) is 11.3 Å². The molecule has 4 rings (SSSR count). The maximum absolute atomic E-state index is 13.5. The molecule has 0 aromatic carbocycles. The molecule has 0 spiro atoms. The molecule has 122 valence electrons. The van der Waals surface area contributed by atoms with Crippen molar-refractivity contribution in [1.29, 1.82) is 0 Å². The molecule has 0 N–H and O–H groups in total. The summed E-state index contributed by atoms with van der Waals surface area (Å²) >= 11 is 1.71. The van der Waals surface area contributed by atoms with Crippen LogP contribution in [0, 0.1) is 6.92 Å². The molecular weight excluding hydrogens is 310 g/mol. The van der Waals surface area contributed by atoms with Gasteiger partial charge in [0.05, 0.1) is 5.41 Å². The van der Waals surface area contributed by atoms with Crippen LogP contribution in [-0.4, -0.2) is 27.5 Å². The van der Waals surface area contributed by atoms with Crippen LogP contribution in [0.5, 0.6) is 0 Å². The maximum atomic E-state index is 13.5.